The van der Waals surface area contributed by atoms with Crippen LogP contribution in [0.25, 0.3) is 0 Å². The summed E-state index contributed by atoms with van der Waals surface area (Å²) in [5.41, 5.74) is 0.711. The van der Waals surface area contributed by atoms with Gasteiger partial charge in [0, 0.05) is 12.6 Å². The highest BCUT2D eigenvalue weighted by atomic mass is 19.1. The summed E-state index contributed by atoms with van der Waals surface area (Å²) < 4.78 is 19.6. The second-order valence-electron chi connectivity index (χ2n) is 7.09. The fourth-order valence-electron chi connectivity index (χ4n) is 2.40. The van der Waals surface area contributed by atoms with Crippen LogP contribution in [0.5, 0.6) is 0 Å². The average Bonchev–Trinajstić information content (AvgIpc) is 3.21. The molecule has 3 heteroatoms. The van der Waals surface area contributed by atoms with E-state index >= 15 is 0 Å². The number of ether oxygens (including phenoxy) is 1. The van der Waals surface area contributed by atoms with E-state index in [2.05, 4.69) is 26.1 Å². The quantitative estimate of drug-likeness (QED) is 0.784. The van der Waals surface area contributed by atoms with Crippen LogP contribution < -0.4 is 5.32 Å². The van der Waals surface area contributed by atoms with Crippen molar-refractivity contribution in [1.82, 2.24) is 5.32 Å². The molecular weight excluding hydrogens is 265 g/mol. The molecule has 0 aromatic heterocycles. The molecule has 1 N–H and O–H groups in total. The fourth-order valence-corrected chi connectivity index (χ4v) is 2.40. The van der Waals surface area contributed by atoms with Crippen LogP contribution in [-0.4, -0.2) is 24.8 Å². The van der Waals surface area contributed by atoms with E-state index in [-0.39, 0.29) is 11.4 Å². The van der Waals surface area contributed by atoms with Gasteiger partial charge >= 0.3 is 0 Å². The van der Waals surface area contributed by atoms with Gasteiger partial charge in [0.1, 0.15) is 5.82 Å². The maximum atomic E-state index is 13.8. The standard InChI is InChI=1S/C18H28FNO/c1-18(2,3)21-11-10-14(13-20-16-8-9-16)12-15-6-4-5-7-17(15)19/h4-7,14,16,20H,8-13H2,1-3H3. The predicted molar refractivity (Wildman–Crippen MR) is 84.9 cm³/mol. The van der Waals surface area contributed by atoms with Gasteiger partial charge in [-0.1, -0.05) is 18.2 Å². The Morgan fingerprint density at radius 3 is 2.62 bits per heavy atom. The van der Waals surface area contributed by atoms with E-state index in [0.717, 1.165) is 31.6 Å². The molecule has 1 atom stereocenters. The van der Waals surface area contributed by atoms with Gasteiger partial charge in [-0.2, -0.15) is 0 Å². The van der Waals surface area contributed by atoms with Crippen molar-refractivity contribution in [2.45, 2.75) is 58.1 Å². The van der Waals surface area contributed by atoms with Gasteiger partial charge in [-0.15, -0.1) is 0 Å². The first-order valence-electron chi connectivity index (χ1n) is 8.05. The van der Waals surface area contributed by atoms with E-state index < -0.39 is 0 Å². The fraction of sp³-hybridized carbons (Fsp3) is 0.667. The van der Waals surface area contributed by atoms with Gasteiger partial charge in [0.05, 0.1) is 5.60 Å². The van der Waals surface area contributed by atoms with Crippen LogP contribution in [0.4, 0.5) is 4.39 Å². The molecule has 0 bridgehead atoms. The maximum Gasteiger partial charge on any atom is 0.126 e. The van der Waals surface area contributed by atoms with E-state index in [0.29, 0.717) is 12.0 Å². The molecule has 0 aliphatic heterocycles. The zero-order valence-electron chi connectivity index (χ0n) is 13.5. The van der Waals surface area contributed by atoms with Crippen molar-refractivity contribution in [3.05, 3.63) is 35.6 Å². The first-order chi connectivity index (χ1) is 9.94. The van der Waals surface area contributed by atoms with Gasteiger partial charge in [0.25, 0.3) is 0 Å². The Hall–Kier alpha value is -0.930. The lowest BCUT2D eigenvalue weighted by Crippen LogP contribution is -2.28. The number of hydrogen-bond donors (Lipinski definition) is 1. The second kappa shape index (κ2) is 7.37. The van der Waals surface area contributed by atoms with E-state index in [1.54, 1.807) is 12.1 Å². The van der Waals surface area contributed by atoms with Crippen molar-refractivity contribution in [3.8, 4) is 0 Å². The Kier molecular flexibility index (Phi) is 5.77. The molecule has 1 unspecified atom stereocenters. The summed E-state index contributed by atoms with van der Waals surface area (Å²) in [6, 6.07) is 7.79. The van der Waals surface area contributed by atoms with Crippen LogP contribution in [-0.2, 0) is 11.2 Å². The number of hydrogen-bond acceptors (Lipinski definition) is 2. The molecule has 1 aliphatic rings. The highest BCUT2D eigenvalue weighted by Gasteiger charge is 2.22. The van der Waals surface area contributed by atoms with E-state index in [1.807, 2.05) is 12.1 Å². The second-order valence-corrected chi connectivity index (χ2v) is 7.09. The topological polar surface area (TPSA) is 21.3 Å². The highest BCUT2D eigenvalue weighted by molar-refractivity contribution is 5.17. The van der Waals surface area contributed by atoms with Gasteiger partial charge in [-0.25, -0.2) is 4.39 Å². The van der Waals surface area contributed by atoms with Crippen LogP contribution >= 0.6 is 0 Å². The lowest BCUT2D eigenvalue weighted by molar-refractivity contribution is -0.00925. The summed E-state index contributed by atoms with van der Waals surface area (Å²) in [6.45, 7) is 7.89. The molecule has 0 radical (unpaired) electrons. The van der Waals surface area contributed by atoms with Crippen LogP contribution in [0.1, 0.15) is 45.6 Å². The number of halogens is 1. The summed E-state index contributed by atoms with van der Waals surface area (Å²) in [5.74, 6) is 0.329. The van der Waals surface area contributed by atoms with E-state index in [1.165, 1.54) is 12.8 Å². The molecule has 21 heavy (non-hydrogen) atoms. The Morgan fingerprint density at radius 2 is 2.00 bits per heavy atom. The Labute approximate surface area is 128 Å². The molecular formula is C18H28FNO. The maximum absolute atomic E-state index is 13.8. The van der Waals surface area contributed by atoms with Crippen molar-refractivity contribution < 1.29 is 9.13 Å². The molecule has 1 fully saturated rings. The Bertz CT molecular complexity index is 437. The third kappa shape index (κ3) is 6.58. The van der Waals surface area contributed by atoms with Gasteiger partial charge < -0.3 is 10.1 Å². The van der Waals surface area contributed by atoms with Crippen molar-refractivity contribution in [1.29, 1.82) is 0 Å². The van der Waals surface area contributed by atoms with Gasteiger partial charge in [0.2, 0.25) is 0 Å². The molecule has 1 saturated carbocycles. The molecule has 0 spiro atoms. The summed E-state index contributed by atoms with van der Waals surface area (Å²) >= 11 is 0. The molecule has 2 nitrogen and oxygen atoms in total. The normalized spacial score (nSPS) is 17.0. The number of nitrogens with one attached hydrogen (secondary N) is 1. The Balaban J connectivity index is 1.86. The molecule has 0 saturated heterocycles. The minimum Gasteiger partial charge on any atom is -0.376 e. The van der Waals surface area contributed by atoms with Crippen molar-refractivity contribution >= 4 is 0 Å². The third-order valence-electron chi connectivity index (χ3n) is 3.80. The third-order valence-corrected chi connectivity index (χ3v) is 3.80. The number of rotatable bonds is 8. The first-order valence-corrected chi connectivity index (χ1v) is 8.05. The minimum absolute atomic E-state index is 0.0920. The predicted octanol–water partition coefficient (Wildman–Crippen LogP) is 3.94. The highest BCUT2D eigenvalue weighted by Crippen LogP contribution is 2.21. The Morgan fingerprint density at radius 1 is 1.29 bits per heavy atom. The molecule has 0 heterocycles. The van der Waals surface area contributed by atoms with Crippen LogP contribution in [0.15, 0.2) is 24.3 Å². The van der Waals surface area contributed by atoms with E-state index in [4.69, 9.17) is 4.74 Å². The van der Waals surface area contributed by atoms with Gasteiger partial charge in [-0.05, 0) is 70.5 Å². The molecule has 0 amide bonds. The van der Waals surface area contributed by atoms with Gasteiger partial charge in [-0.3, -0.25) is 0 Å². The van der Waals surface area contributed by atoms with E-state index in [9.17, 15) is 4.39 Å². The molecule has 2 rings (SSSR count). The van der Waals surface area contributed by atoms with Crippen LogP contribution in [0.3, 0.4) is 0 Å². The smallest absolute Gasteiger partial charge is 0.126 e. The summed E-state index contributed by atoms with van der Waals surface area (Å²) in [7, 11) is 0. The lowest BCUT2D eigenvalue weighted by atomic mass is 9.96. The monoisotopic (exact) mass is 293 g/mol. The summed E-state index contributed by atoms with van der Waals surface area (Å²) in [4.78, 5) is 0. The summed E-state index contributed by atoms with van der Waals surface area (Å²) in [6.07, 6.45) is 4.31. The zero-order valence-corrected chi connectivity index (χ0v) is 13.5. The molecule has 118 valence electrons. The van der Waals surface area contributed by atoms with Crippen LogP contribution in [0.2, 0.25) is 0 Å². The first kappa shape index (κ1) is 16.4. The average molecular weight is 293 g/mol. The zero-order chi connectivity index (χ0) is 15.3. The van der Waals surface area contributed by atoms with Crippen molar-refractivity contribution in [2.24, 2.45) is 5.92 Å². The van der Waals surface area contributed by atoms with Crippen molar-refractivity contribution in [2.75, 3.05) is 13.2 Å². The van der Waals surface area contributed by atoms with Crippen LogP contribution in [0, 0.1) is 11.7 Å². The minimum atomic E-state index is -0.105. The SMILES string of the molecule is CC(C)(C)OCCC(CNC1CC1)Cc1ccccc1F. The summed E-state index contributed by atoms with van der Waals surface area (Å²) in [5, 5.41) is 3.57. The number of benzene rings is 1. The largest absolute Gasteiger partial charge is 0.376 e. The van der Waals surface area contributed by atoms with Gasteiger partial charge in [0.15, 0.2) is 0 Å². The molecule has 1 aromatic carbocycles. The molecule has 1 aliphatic carbocycles. The van der Waals surface area contributed by atoms with Crippen molar-refractivity contribution in [3.63, 3.8) is 0 Å². The lowest BCUT2D eigenvalue weighted by Gasteiger charge is -2.23. The molecule has 1 aromatic rings.